The van der Waals surface area contributed by atoms with Crippen LogP contribution in [0.15, 0.2) is 0 Å². The van der Waals surface area contributed by atoms with Crippen molar-refractivity contribution in [1.82, 2.24) is 0 Å². The van der Waals surface area contributed by atoms with Gasteiger partial charge in [-0.3, -0.25) is 0 Å². The molecule has 0 aromatic rings. The van der Waals surface area contributed by atoms with Crippen LogP contribution in [0.25, 0.3) is 0 Å². The minimum absolute atomic E-state index is 0.00301. The molecule has 1 aliphatic carbocycles. The van der Waals surface area contributed by atoms with Crippen LogP contribution in [0.3, 0.4) is 0 Å². The molecular weight excluding hydrogens is 135 g/mol. The summed E-state index contributed by atoms with van der Waals surface area (Å²) in [5.74, 6) is -0.716. The lowest BCUT2D eigenvalue weighted by atomic mass is 10.3. The Labute approximate surface area is 59.4 Å². The molecule has 10 heavy (non-hydrogen) atoms. The van der Waals surface area contributed by atoms with Crippen molar-refractivity contribution in [1.29, 1.82) is 0 Å². The fourth-order valence-electron chi connectivity index (χ4n) is 1.22. The highest BCUT2D eigenvalue weighted by atomic mass is 19.1. The number of esters is 1. The third-order valence-corrected chi connectivity index (χ3v) is 1.71. The van der Waals surface area contributed by atoms with Gasteiger partial charge in [-0.25, -0.2) is 9.18 Å². The third-order valence-electron chi connectivity index (χ3n) is 1.71. The molecule has 0 aliphatic heterocycles. The van der Waals surface area contributed by atoms with Crippen molar-refractivity contribution in [3.63, 3.8) is 0 Å². The summed E-state index contributed by atoms with van der Waals surface area (Å²) in [5.41, 5.74) is 0. The molecule has 1 saturated carbocycles. The van der Waals surface area contributed by atoms with Crippen molar-refractivity contribution in [2.24, 2.45) is 0 Å². The first kappa shape index (κ1) is 7.51. The van der Waals surface area contributed by atoms with Gasteiger partial charge in [0.25, 0.3) is 0 Å². The molecule has 1 rings (SSSR count). The van der Waals surface area contributed by atoms with Gasteiger partial charge in [0.15, 0.2) is 6.67 Å². The summed E-state index contributed by atoms with van der Waals surface area (Å²) >= 11 is 0. The molecule has 3 heteroatoms. The Bertz CT molecular complexity index is 119. The predicted octanol–water partition coefficient (Wildman–Crippen LogP) is 1.44. The van der Waals surface area contributed by atoms with Gasteiger partial charge in [-0.2, -0.15) is 0 Å². The van der Waals surface area contributed by atoms with Gasteiger partial charge in [0.1, 0.15) is 6.10 Å². The fourth-order valence-corrected chi connectivity index (χ4v) is 1.22. The summed E-state index contributed by atoms with van der Waals surface area (Å²) < 4.78 is 16.3. The maximum absolute atomic E-state index is 11.6. The van der Waals surface area contributed by atoms with Gasteiger partial charge in [-0.15, -0.1) is 0 Å². The Morgan fingerprint density at radius 1 is 1.50 bits per heavy atom. The zero-order valence-electron chi connectivity index (χ0n) is 5.81. The lowest BCUT2D eigenvalue weighted by molar-refractivity contribution is -0.149. The summed E-state index contributed by atoms with van der Waals surface area (Å²) in [6.07, 6.45) is 4.02. The van der Waals surface area contributed by atoms with Crippen LogP contribution in [0.4, 0.5) is 4.39 Å². The average molecular weight is 146 g/mol. The third kappa shape index (κ3) is 1.97. The molecular formula is C7H11FO2. The second kappa shape index (κ2) is 3.54. The standard InChI is InChI=1S/C7H11FO2/c8-5-7(9)10-6-3-1-2-4-6/h6H,1-5H2. The molecule has 0 aromatic carbocycles. The maximum Gasteiger partial charge on any atom is 0.337 e. The highest BCUT2D eigenvalue weighted by Gasteiger charge is 2.18. The molecule has 0 aromatic heterocycles. The highest BCUT2D eigenvalue weighted by Crippen LogP contribution is 2.20. The molecule has 0 N–H and O–H groups in total. The van der Waals surface area contributed by atoms with Gasteiger partial charge in [-0.05, 0) is 25.7 Å². The Balaban J connectivity index is 2.17. The van der Waals surface area contributed by atoms with Crippen LogP contribution in [-0.4, -0.2) is 18.7 Å². The number of alkyl halides is 1. The summed E-state index contributed by atoms with van der Waals surface area (Å²) in [5, 5.41) is 0. The lowest BCUT2D eigenvalue weighted by Crippen LogP contribution is -2.15. The number of carbonyl (C=O) groups excluding carboxylic acids is 1. The van der Waals surface area contributed by atoms with Crippen LogP contribution in [0, 0.1) is 0 Å². The molecule has 2 nitrogen and oxygen atoms in total. The van der Waals surface area contributed by atoms with Crippen LogP contribution in [0.2, 0.25) is 0 Å². The first-order valence-electron chi connectivity index (χ1n) is 3.58. The largest absolute Gasteiger partial charge is 0.460 e. The number of rotatable bonds is 2. The Morgan fingerprint density at radius 2 is 2.10 bits per heavy atom. The molecule has 0 saturated heterocycles. The van der Waals surface area contributed by atoms with Crippen molar-refractivity contribution < 1.29 is 13.9 Å². The van der Waals surface area contributed by atoms with Gasteiger partial charge in [-0.1, -0.05) is 0 Å². The number of ether oxygens (including phenoxy) is 1. The van der Waals surface area contributed by atoms with Gasteiger partial charge in [0.05, 0.1) is 0 Å². The molecule has 0 amide bonds. The molecule has 0 radical (unpaired) electrons. The Morgan fingerprint density at radius 3 is 2.60 bits per heavy atom. The van der Waals surface area contributed by atoms with Gasteiger partial charge >= 0.3 is 5.97 Å². The van der Waals surface area contributed by atoms with Crippen LogP contribution < -0.4 is 0 Å². The Kier molecular flexibility index (Phi) is 2.66. The molecule has 0 spiro atoms. The van der Waals surface area contributed by atoms with Crippen molar-refractivity contribution in [2.45, 2.75) is 31.8 Å². The van der Waals surface area contributed by atoms with Gasteiger partial charge < -0.3 is 4.74 Å². The smallest absolute Gasteiger partial charge is 0.337 e. The van der Waals surface area contributed by atoms with Crippen LogP contribution in [-0.2, 0) is 9.53 Å². The van der Waals surface area contributed by atoms with E-state index in [2.05, 4.69) is 0 Å². The zero-order chi connectivity index (χ0) is 7.40. The minimum Gasteiger partial charge on any atom is -0.460 e. The van der Waals surface area contributed by atoms with Crippen molar-refractivity contribution in [3.05, 3.63) is 0 Å². The van der Waals surface area contributed by atoms with Crippen LogP contribution in [0.1, 0.15) is 25.7 Å². The number of hydrogen-bond donors (Lipinski definition) is 0. The van der Waals surface area contributed by atoms with E-state index in [0.29, 0.717) is 0 Å². The normalized spacial score (nSPS) is 19.3. The first-order chi connectivity index (χ1) is 4.83. The van der Waals surface area contributed by atoms with Crippen LogP contribution in [0.5, 0.6) is 0 Å². The van der Waals surface area contributed by atoms with Crippen LogP contribution >= 0.6 is 0 Å². The van der Waals surface area contributed by atoms with Gasteiger partial charge in [0, 0.05) is 0 Å². The molecule has 0 heterocycles. The Hall–Kier alpha value is -0.600. The summed E-state index contributed by atoms with van der Waals surface area (Å²) in [7, 11) is 0. The zero-order valence-corrected chi connectivity index (χ0v) is 5.81. The molecule has 58 valence electrons. The first-order valence-corrected chi connectivity index (χ1v) is 3.58. The predicted molar refractivity (Wildman–Crippen MR) is 34.3 cm³/mol. The number of carbonyl (C=O) groups is 1. The van der Waals surface area contributed by atoms with E-state index < -0.39 is 12.6 Å². The summed E-state index contributed by atoms with van der Waals surface area (Å²) in [4.78, 5) is 10.4. The fraction of sp³-hybridized carbons (Fsp3) is 0.857. The van der Waals surface area contributed by atoms with E-state index in [1.165, 1.54) is 0 Å². The molecule has 1 aliphatic rings. The SMILES string of the molecule is O=C(CF)OC1CCCC1. The van der Waals surface area contributed by atoms with E-state index in [1.807, 2.05) is 0 Å². The van der Waals surface area contributed by atoms with Crippen molar-refractivity contribution in [3.8, 4) is 0 Å². The number of hydrogen-bond acceptors (Lipinski definition) is 2. The van der Waals surface area contributed by atoms with Crippen molar-refractivity contribution >= 4 is 5.97 Å². The highest BCUT2D eigenvalue weighted by molar-refractivity contribution is 5.70. The van der Waals surface area contributed by atoms with Gasteiger partial charge in [0.2, 0.25) is 0 Å². The second-order valence-electron chi connectivity index (χ2n) is 2.53. The van der Waals surface area contributed by atoms with E-state index in [1.54, 1.807) is 0 Å². The van der Waals surface area contributed by atoms with E-state index >= 15 is 0 Å². The molecule has 0 unspecified atom stereocenters. The quantitative estimate of drug-likeness (QED) is 0.551. The van der Waals surface area contributed by atoms with E-state index in [0.717, 1.165) is 25.7 Å². The topological polar surface area (TPSA) is 26.3 Å². The second-order valence-corrected chi connectivity index (χ2v) is 2.53. The maximum atomic E-state index is 11.6. The average Bonchev–Trinajstić information content (AvgIpc) is 2.40. The van der Waals surface area contributed by atoms with Crippen molar-refractivity contribution in [2.75, 3.05) is 6.67 Å². The summed E-state index contributed by atoms with van der Waals surface area (Å²) in [6, 6.07) is 0. The molecule has 1 fully saturated rings. The van der Waals surface area contributed by atoms with E-state index in [4.69, 9.17) is 4.74 Å². The van der Waals surface area contributed by atoms with E-state index in [9.17, 15) is 9.18 Å². The lowest BCUT2D eigenvalue weighted by Gasteiger charge is -2.08. The summed E-state index contributed by atoms with van der Waals surface area (Å²) in [6.45, 7) is -0.990. The molecule has 0 atom stereocenters. The monoisotopic (exact) mass is 146 g/mol. The minimum atomic E-state index is -0.990. The molecule has 0 bridgehead atoms. The van der Waals surface area contributed by atoms with E-state index in [-0.39, 0.29) is 6.10 Å². The number of halogens is 1.